The lowest BCUT2D eigenvalue weighted by Crippen LogP contribution is -2.03. The molecule has 0 saturated heterocycles. The van der Waals surface area contributed by atoms with Crippen LogP contribution in [0.25, 0.3) is 10.9 Å². The molecule has 1 aromatic carbocycles. The fourth-order valence-corrected chi connectivity index (χ4v) is 1.20. The monoisotopic (exact) mass is 176 g/mol. The molecule has 0 fully saturated rings. The molecule has 4 heteroatoms. The Hall–Kier alpha value is -1.68. The van der Waals surface area contributed by atoms with Gasteiger partial charge >= 0.3 is 0 Å². The molecule has 13 heavy (non-hydrogen) atoms. The molecule has 0 aliphatic heterocycles. The maximum atomic E-state index is 11.1. The molecule has 0 atom stereocenters. The van der Waals surface area contributed by atoms with E-state index in [0.717, 1.165) is 10.9 Å². The third-order valence-electron chi connectivity index (χ3n) is 1.91. The van der Waals surface area contributed by atoms with Crippen molar-refractivity contribution in [3.05, 3.63) is 30.0 Å². The van der Waals surface area contributed by atoms with Crippen LogP contribution >= 0.6 is 0 Å². The summed E-state index contributed by atoms with van der Waals surface area (Å²) in [6.07, 6.45) is 1.68. The molecule has 0 spiro atoms. The molecule has 4 nitrogen and oxygen atoms in total. The average Bonchev–Trinajstić information content (AvgIpc) is 2.63. The summed E-state index contributed by atoms with van der Waals surface area (Å²) in [5.41, 5.74) is 1.30. The molecule has 66 valence electrons. The van der Waals surface area contributed by atoms with E-state index in [-0.39, 0.29) is 5.78 Å². The normalized spacial score (nSPS) is 10.5. The average molecular weight is 176 g/mol. The van der Waals surface area contributed by atoms with Crippen molar-refractivity contribution in [3.63, 3.8) is 0 Å². The highest BCUT2D eigenvalue weighted by Crippen LogP contribution is 2.12. The summed E-state index contributed by atoms with van der Waals surface area (Å²) in [4.78, 5) is 11.1. The molecule has 0 saturated carbocycles. The smallest absolute Gasteiger partial charge is 0.188 e. The van der Waals surface area contributed by atoms with Gasteiger partial charge in [0.25, 0.3) is 0 Å². The summed E-state index contributed by atoms with van der Waals surface area (Å²) >= 11 is 0. The summed E-state index contributed by atoms with van der Waals surface area (Å²) in [6.45, 7) is -0.459. The Morgan fingerprint density at radius 2 is 2.38 bits per heavy atom. The molecule has 0 aliphatic carbocycles. The van der Waals surface area contributed by atoms with Gasteiger partial charge in [-0.25, -0.2) is 0 Å². The molecular formula is C9H8N2O2. The number of hydrogen-bond acceptors (Lipinski definition) is 3. The van der Waals surface area contributed by atoms with Crippen LogP contribution < -0.4 is 0 Å². The van der Waals surface area contributed by atoms with E-state index in [9.17, 15) is 4.79 Å². The van der Waals surface area contributed by atoms with E-state index < -0.39 is 6.61 Å². The zero-order chi connectivity index (χ0) is 9.26. The van der Waals surface area contributed by atoms with Gasteiger partial charge in [0, 0.05) is 10.9 Å². The first kappa shape index (κ1) is 7.94. The molecule has 2 rings (SSSR count). The number of nitrogens with zero attached hydrogens (tertiary/aromatic N) is 1. The number of Topliss-reactive ketones (excluding diaryl/α,β-unsaturated/α-hetero) is 1. The second-order valence-electron chi connectivity index (χ2n) is 2.75. The predicted octanol–water partition coefficient (Wildman–Crippen LogP) is 0.738. The van der Waals surface area contributed by atoms with Crippen molar-refractivity contribution in [1.29, 1.82) is 0 Å². The molecule has 1 aromatic heterocycles. The van der Waals surface area contributed by atoms with Crippen LogP contribution in [0.1, 0.15) is 10.4 Å². The van der Waals surface area contributed by atoms with Gasteiger partial charge in [-0.15, -0.1) is 0 Å². The molecule has 0 bridgehead atoms. The van der Waals surface area contributed by atoms with Crippen LogP contribution in [-0.2, 0) is 0 Å². The molecule has 1 heterocycles. The van der Waals surface area contributed by atoms with Gasteiger partial charge in [-0.05, 0) is 6.07 Å². The highest BCUT2D eigenvalue weighted by Gasteiger charge is 2.04. The third kappa shape index (κ3) is 1.31. The van der Waals surface area contributed by atoms with Gasteiger partial charge in [-0.3, -0.25) is 9.89 Å². The van der Waals surface area contributed by atoms with E-state index in [4.69, 9.17) is 5.11 Å². The summed E-state index contributed by atoms with van der Waals surface area (Å²) < 4.78 is 0. The van der Waals surface area contributed by atoms with Gasteiger partial charge in [-0.1, -0.05) is 12.1 Å². The highest BCUT2D eigenvalue weighted by atomic mass is 16.3. The standard InChI is InChI=1S/C9H8N2O2/c12-5-9(13)6-1-2-7-4-10-11-8(7)3-6/h1-4,12H,5H2,(H,10,11). The van der Waals surface area contributed by atoms with Gasteiger partial charge in [-0.2, -0.15) is 5.10 Å². The molecule has 0 amide bonds. The Bertz CT molecular complexity index is 448. The van der Waals surface area contributed by atoms with E-state index in [1.165, 1.54) is 0 Å². The largest absolute Gasteiger partial charge is 0.388 e. The fourth-order valence-electron chi connectivity index (χ4n) is 1.20. The summed E-state index contributed by atoms with van der Waals surface area (Å²) in [7, 11) is 0. The van der Waals surface area contributed by atoms with Gasteiger partial charge in [0.1, 0.15) is 6.61 Å². The van der Waals surface area contributed by atoms with Crippen LogP contribution in [0.3, 0.4) is 0 Å². The van der Waals surface area contributed by atoms with E-state index in [1.54, 1.807) is 24.4 Å². The summed E-state index contributed by atoms with van der Waals surface area (Å²) in [5.74, 6) is -0.281. The SMILES string of the molecule is O=C(CO)c1ccc2cn[nH]c2c1. The third-order valence-corrected chi connectivity index (χ3v) is 1.91. The molecule has 2 aromatic rings. The van der Waals surface area contributed by atoms with E-state index in [1.807, 2.05) is 0 Å². The number of fused-ring (bicyclic) bond motifs is 1. The summed E-state index contributed by atoms with van der Waals surface area (Å²) in [6, 6.07) is 5.15. The maximum absolute atomic E-state index is 11.1. The number of carbonyl (C=O) groups is 1. The number of hydrogen-bond donors (Lipinski definition) is 2. The van der Waals surface area contributed by atoms with Crippen LogP contribution in [0.5, 0.6) is 0 Å². The molecule has 2 N–H and O–H groups in total. The fraction of sp³-hybridized carbons (Fsp3) is 0.111. The van der Waals surface area contributed by atoms with Crippen molar-refractivity contribution in [2.75, 3.05) is 6.61 Å². The van der Waals surface area contributed by atoms with Crippen LogP contribution in [0.2, 0.25) is 0 Å². The molecule has 0 unspecified atom stereocenters. The zero-order valence-electron chi connectivity index (χ0n) is 6.82. The number of aliphatic hydroxyl groups is 1. The van der Waals surface area contributed by atoms with Crippen molar-refractivity contribution in [2.45, 2.75) is 0 Å². The first-order chi connectivity index (χ1) is 6.31. The minimum atomic E-state index is -0.459. The predicted molar refractivity (Wildman–Crippen MR) is 47.5 cm³/mol. The minimum absolute atomic E-state index is 0.281. The first-order valence-corrected chi connectivity index (χ1v) is 3.88. The molecule has 0 aliphatic rings. The zero-order valence-corrected chi connectivity index (χ0v) is 6.82. The number of aromatic amines is 1. The number of nitrogens with one attached hydrogen (secondary N) is 1. The number of rotatable bonds is 2. The molecule has 0 radical (unpaired) electrons. The van der Waals surface area contributed by atoms with E-state index in [0.29, 0.717) is 5.56 Å². The Morgan fingerprint density at radius 1 is 1.54 bits per heavy atom. The maximum Gasteiger partial charge on any atom is 0.188 e. The van der Waals surface area contributed by atoms with Crippen molar-refractivity contribution in [1.82, 2.24) is 10.2 Å². The quantitative estimate of drug-likeness (QED) is 0.663. The van der Waals surface area contributed by atoms with Crippen LogP contribution in [0, 0.1) is 0 Å². The van der Waals surface area contributed by atoms with Crippen LogP contribution in [0.4, 0.5) is 0 Å². The van der Waals surface area contributed by atoms with Gasteiger partial charge in [0.2, 0.25) is 0 Å². The highest BCUT2D eigenvalue weighted by molar-refractivity contribution is 5.99. The lowest BCUT2D eigenvalue weighted by Gasteiger charge is -1.96. The Kier molecular flexibility index (Phi) is 1.83. The number of aliphatic hydroxyl groups excluding tert-OH is 1. The van der Waals surface area contributed by atoms with Crippen molar-refractivity contribution < 1.29 is 9.90 Å². The van der Waals surface area contributed by atoms with Gasteiger partial charge < -0.3 is 5.11 Å². The summed E-state index contributed by atoms with van der Waals surface area (Å²) in [5, 5.41) is 16.2. The number of ketones is 1. The van der Waals surface area contributed by atoms with Crippen LogP contribution in [0.15, 0.2) is 24.4 Å². The topological polar surface area (TPSA) is 66.0 Å². The number of aromatic nitrogens is 2. The Morgan fingerprint density at radius 3 is 3.15 bits per heavy atom. The lowest BCUT2D eigenvalue weighted by molar-refractivity contribution is 0.0904. The number of carbonyl (C=O) groups excluding carboxylic acids is 1. The minimum Gasteiger partial charge on any atom is -0.388 e. The first-order valence-electron chi connectivity index (χ1n) is 3.88. The van der Waals surface area contributed by atoms with Gasteiger partial charge in [0.05, 0.1) is 11.7 Å². The second kappa shape index (κ2) is 2.99. The number of H-pyrrole nitrogens is 1. The number of benzene rings is 1. The Balaban J connectivity index is 2.54. The lowest BCUT2D eigenvalue weighted by atomic mass is 10.1. The van der Waals surface area contributed by atoms with Crippen LogP contribution in [-0.4, -0.2) is 27.7 Å². The molecular weight excluding hydrogens is 168 g/mol. The van der Waals surface area contributed by atoms with Crippen molar-refractivity contribution in [3.8, 4) is 0 Å². The van der Waals surface area contributed by atoms with Crippen molar-refractivity contribution >= 4 is 16.7 Å². The Labute approximate surface area is 74.2 Å². The van der Waals surface area contributed by atoms with Crippen molar-refractivity contribution in [2.24, 2.45) is 0 Å². The second-order valence-corrected chi connectivity index (χ2v) is 2.75. The van der Waals surface area contributed by atoms with E-state index in [2.05, 4.69) is 10.2 Å². The van der Waals surface area contributed by atoms with Gasteiger partial charge in [0.15, 0.2) is 5.78 Å². The van der Waals surface area contributed by atoms with E-state index >= 15 is 0 Å².